The molecule has 0 bridgehead atoms. The Morgan fingerprint density at radius 1 is 1.42 bits per heavy atom. The van der Waals surface area contributed by atoms with E-state index in [4.69, 9.17) is 11.5 Å². The van der Waals surface area contributed by atoms with Crippen LogP contribution in [0.3, 0.4) is 0 Å². The molecule has 0 saturated heterocycles. The van der Waals surface area contributed by atoms with E-state index in [0.29, 0.717) is 13.0 Å². The van der Waals surface area contributed by atoms with Gasteiger partial charge in [0.05, 0.1) is 6.54 Å². The van der Waals surface area contributed by atoms with Crippen molar-refractivity contribution in [1.29, 1.82) is 0 Å². The van der Waals surface area contributed by atoms with E-state index in [-0.39, 0.29) is 17.3 Å². The molecule has 0 aliphatic carbocycles. The molecule has 19 heavy (non-hydrogen) atoms. The van der Waals surface area contributed by atoms with Gasteiger partial charge < -0.3 is 11.5 Å². The van der Waals surface area contributed by atoms with Crippen LogP contribution in [0.5, 0.6) is 0 Å². The third-order valence-electron chi connectivity index (χ3n) is 2.53. The number of hydrogen-bond donors (Lipinski definition) is 2. The van der Waals surface area contributed by atoms with Gasteiger partial charge in [0.15, 0.2) is 0 Å². The number of thiophene rings is 1. The summed E-state index contributed by atoms with van der Waals surface area (Å²) < 4.78 is 26.1. The molecule has 0 radical (unpaired) electrons. The summed E-state index contributed by atoms with van der Waals surface area (Å²) in [4.78, 5) is 11.8. The summed E-state index contributed by atoms with van der Waals surface area (Å²) in [6.45, 7) is 2.24. The van der Waals surface area contributed by atoms with E-state index in [1.54, 1.807) is 6.07 Å². The zero-order chi connectivity index (χ0) is 14.5. The summed E-state index contributed by atoms with van der Waals surface area (Å²) in [6.07, 6.45) is 1.52. The normalized spacial score (nSPS) is 11.9. The Morgan fingerprint density at radius 3 is 2.58 bits per heavy atom. The number of nitrogens with two attached hydrogens (primary N) is 2. The largest absolute Gasteiger partial charge is 0.369 e. The first kappa shape index (κ1) is 16.1. The Bertz CT molecular complexity index is 525. The highest BCUT2D eigenvalue weighted by Gasteiger charge is 2.26. The Balaban J connectivity index is 3.00. The smallest absolute Gasteiger partial charge is 0.253 e. The van der Waals surface area contributed by atoms with Gasteiger partial charge >= 0.3 is 0 Å². The van der Waals surface area contributed by atoms with Crippen molar-refractivity contribution in [2.75, 3.05) is 13.1 Å². The Labute approximate surface area is 117 Å². The van der Waals surface area contributed by atoms with Crippen LogP contribution in [0.15, 0.2) is 16.3 Å². The first-order valence-electron chi connectivity index (χ1n) is 5.99. The van der Waals surface area contributed by atoms with Gasteiger partial charge in [0, 0.05) is 18.0 Å². The minimum Gasteiger partial charge on any atom is -0.369 e. The maximum atomic E-state index is 12.4. The quantitative estimate of drug-likeness (QED) is 0.728. The molecule has 1 aromatic heterocycles. The molecule has 1 rings (SSSR count). The molecular formula is C11H19N3O3S2. The van der Waals surface area contributed by atoms with Crippen molar-refractivity contribution in [3.63, 3.8) is 0 Å². The molecule has 0 saturated carbocycles. The molecule has 6 nitrogen and oxygen atoms in total. The van der Waals surface area contributed by atoms with Gasteiger partial charge in [-0.2, -0.15) is 4.31 Å². The van der Waals surface area contributed by atoms with Gasteiger partial charge in [-0.05, 0) is 18.6 Å². The topological polar surface area (TPSA) is 106 Å². The van der Waals surface area contributed by atoms with Crippen molar-refractivity contribution < 1.29 is 13.2 Å². The molecule has 1 amide bonds. The molecule has 0 aromatic carbocycles. The number of carbonyl (C=O) groups is 1. The monoisotopic (exact) mass is 305 g/mol. The van der Waals surface area contributed by atoms with Crippen LogP contribution >= 0.6 is 11.3 Å². The van der Waals surface area contributed by atoms with Crippen molar-refractivity contribution in [2.24, 2.45) is 11.5 Å². The number of unbranched alkanes of at least 4 members (excludes halogenated alkanes) is 1. The second-order valence-electron chi connectivity index (χ2n) is 4.08. The lowest BCUT2D eigenvalue weighted by Gasteiger charge is -2.19. The fraction of sp³-hybridized carbons (Fsp3) is 0.545. The maximum Gasteiger partial charge on any atom is 0.253 e. The van der Waals surface area contributed by atoms with Crippen molar-refractivity contribution >= 4 is 27.3 Å². The standard InChI is InChI=1S/C11H19N3O3S2/c1-2-3-6-14(8-10(13)15)19(16,17)11-5-4-9(7-12)18-11/h4-5H,2-3,6-8,12H2,1H3,(H2,13,15). The van der Waals surface area contributed by atoms with Crippen LogP contribution in [0, 0.1) is 0 Å². The summed E-state index contributed by atoms with van der Waals surface area (Å²) >= 11 is 1.12. The molecule has 0 aliphatic heterocycles. The average molecular weight is 305 g/mol. The van der Waals surface area contributed by atoms with E-state index in [1.807, 2.05) is 6.92 Å². The van der Waals surface area contributed by atoms with E-state index in [9.17, 15) is 13.2 Å². The van der Waals surface area contributed by atoms with Gasteiger partial charge in [-0.25, -0.2) is 8.42 Å². The van der Waals surface area contributed by atoms with E-state index >= 15 is 0 Å². The van der Waals surface area contributed by atoms with Crippen LogP contribution in [-0.2, 0) is 21.4 Å². The number of hydrogen-bond acceptors (Lipinski definition) is 5. The minimum absolute atomic E-state index is 0.199. The molecule has 0 unspecified atom stereocenters. The number of carbonyl (C=O) groups excluding carboxylic acids is 1. The Morgan fingerprint density at radius 2 is 2.11 bits per heavy atom. The van der Waals surface area contributed by atoms with Crippen LogP contribution in [0.1, 0.15) is 24.6 Å². The molecular weight excluding hydrogens is 286 g/mol. The number of nitrogens with zero attached hydrogens (tertiary/aromatic N) is 1. The minimum atomic E-state index is -3.66. The van der Waals surface area contributed by atoms with Crippen LogP contribution in [0.2, 0.25) is 0 Å². The third kappa shape index (κ3) is 4.27. The van der Waals surface area contributed by atoms with Gasteiger partial charge in [0.1, 0.15) is 4.21 Å². The fourth-order valence-corrected chi connectivity index (χ4v) is 4.36. The predicted molar refractivity (Wildman–Crippen MR) is 75.1 cm³/mol. The summed E-state index contributed by atoms with van der Waals surface area (Å²) in [7, 11) is -3.66. The van der Waals surface area contributed by atoms with Crippen LogP contribution in [0.25, 0.3) is 0 Å². The Kier molecular flexibility index (Phi) is 5.92. The summed E-state index contributed by atoms with van der Waals surface area (Å²) in [5.74, 6) is -0.657. The SMILES string of the molecule is CCCCN(CC(N)=O)S(=O)(=O)c1ccc(CN)s1. The van der Waals surface area contributed by atoms with Gasteiger partial charge in [-0.3, -0.25) is 4.79 Å². The molecule has 0 aliphatic rings. The molecule has 8 heteroatoms. The zero-order valence-electron chi connectivity index (χ0n) is 10.8. The van der Waals surface area contributed by atoms with Crippen LogP contribution in [-0.4, -0.2) is 31.7 Å². The highest BCUT2D eigenvalue weighted by molar-refractivity contribution is 7.91. The zero-order valence-corrected chi connectivity index (χ0v) is 12.5. The fourth-order valence-electron chi connectivity index (χ4n) is 1.53. The van der Waals surface area contributed by atoms with Gasteiger partial charge in [-0.15, -0.1) is 11.3 Å². The average Bonchev–Trinajstić information content (AvgIpc) is 2.83. The first-order valence-corrected chi connectivity index (χ1v) is 8.24. The second kappa shape index (κ2) is 6.99. The van der Waals surface area contributed by atoms with E-state index in [2.05, 4.69) is 0 Å². The lowest BCUT2D eigenvalue weighted by molar-refractivity contribution is -0.118. The summed E-state index contributed by atoms with van der Waals surface area (Å²) in [6, 6.07) is 3.20. The third-order valence-corrected chi connectivity index (χ3v) is 5.95. The number of amides is 1. The number of rotatable bonds is 8. The van der Waals surface area contributed by atoms with Crippen LogP contribution < -0.4 is 11.5 Å². The summed E-state index contributed by atoms with van der Waals surface area (Å²) in [5, 5.41) is 0. The highest BCUT2D eigenvalue weighted by atomic mass is 32.2. The van der Waals surface area contributed by atoms with Crippen molar-refractivity contribution in [3.8, 4) is 0 Å². The Hall–Kier alpha value is -0.960. The number of primary amides is 1. The highest BCUT2D eigenvalue weighted by Crippen LogP contribution is 2.24. The summed E-state index contributed by atoms with van der Waals surface area (Å²) in [5.41, 5.74) is 10.6. The lowest BCUT2D eigenvalue weighted by Crippen LogP contribution is -2.38. The molecule has 4 N–H and O–H groups in total. The van der Waals surface area contributed by atoms with Gasteiger partial charge in [0.2, 0.25) is 5.91 Å². The molecule has 1 aromatic rings. The van der Waals surface area contributed by atoms with E-state index < -0.39 is 15.9 Å². The van der Waals surface area contributed by atoms with E-state index in [0.717, 1.165) is 26.9 Å². The van der Waals surface area contributed by atoms with Crippen molar-refractivity contribution in [2.45, 2.75) is 30.5 Å². The van der Waals surface area contributed by atoms with E-state index in [1.165, 1.54) is 6.07 Å². The lowest BCUT2D eigenvalue weighted by atomic mass is 10.3. The van der Waals surface area contributed by atoms with Crippen LogP contribution in [0.4, 0.5) is 0 Å². The second-order valence-corrected chi connectivity index (χ2v) is 7.42. The predicted octanol–water partition coefficient (Wildman–Crippen LogP) is 0.483. The van der Waals surface area contributed by atoms with Crippen molar-refractivity contribution in [3.05, 3.63) is 17.0 Å². The maximum absolute atomic E-state index is 12.4. The number of sulfonamides is 1. The molecule has 0 fully saturated rings. The molecule has 0 spiro atoms. The first-order chi connectivity index (χ1) is 8.91. The molecule has 1 heterocycles. The molecule has 108 valence electrons. The van der Waals surface area contributed by atoms with Gasteiger partial charge in [0.25, 0.3) is 10.0 Å². The van der Waals surface area contributed by atoms with Crippen molar-refractivity contribution in [1.82, 2.24) is 4.31 Å². The molecule has 0 atom stereocenters. The van der Waals surface area contributed by atoms with Gasteiger partial charge in [-0.1, -0.05) is 13.3 Å².